The van der Waals surface area contributed by atoms with Gasteiger partial charge in [-0.05, 0) is 84.7 Å². The van der Waals surface area contributed by atoms with Crippen molar-refractivity contribution >= 4 is 5.78 Å². The van der Waals surface area contributed by atoms with E-state index in [1.807, 2.05) is 6.92 Å². The first-order valence-electron chi connectivity index (χ1n) is 13.5. The summed E-state index contributed by atoms with van der Waals surface area (Å²) in [4.78, 5) is 13.7. The molecule has 3 saturated carbocycles. The smallest absolute Gasteiger partial charge is 0.153 e. The predicted molar refractivity (Wildman–Crippen MR) is 135 cm³/mol. The number of carbonyl (C=O) groups is 1. The molecule has 194 valence electrons. The zero-order valence-electron chi connectivity index (χ0n) is 22.4. The maximum absolute atomic E-state index is 13.7. The Morgan fingerprint density at radius 2 is 1.66 bits per heavy atom. The Bertz CT molecular complexity index is 1030. The topological polar surface area (TPSA) is 98.0 Å². The normalized spacial score (nSPS) is 50.0. The van der Waals surface area contributed by atoms with Crippen molar-refractivity contribution in [1.29, 1.82) is 0 Å². The molecule has 6 rings (SSSR count). The predicted octanol–water partition coefficient (Wildman–Crippen LogP) is 3.81. The molecule has 5 heteroatoms. The number of aliphatic hydroxyl groups excluding tert-OH is 3. The van der Waals surface area contributed by atoms with Crippen molar-refractivity contribution in [3.05, 3.63) is 34.9 Å². The number of hydrogen-bond acceptors (Lipinski definition) is 5. The number of allylic oxidation sites excluding steroid dienone is 3. The molecular weight excluding hydrogens is 440 g/mol. The Morgan fingerprint density at radius 1 is 1.00 bits per heavy atom. The maximum Gasteiger partial charge on any atom is 0.153 e. The van der Waals surface area contributed by atoms with Gasteiger partial charge in [0.2, 0.25) is 0 Å². The van der Waals surface area contributed by atoms with E-state index in [0.717, 1.165) is 18.3 Å². The van der Waals surface area contributed by atoms with Crippen molar-refractivity contribution in [3.8, 4) is 0 Å². The second kappa shape index (κ2) is 7.63. The first-order valence-corrected chi connectivity index (χ1v) is 13.5. The van der Waals surface area contributed by atoms with Gasteiger partial charge in [0, 0.05) is 5.92 Å². The number of fused-ring (bicyclic) bond motifs is 4. The summed E-state index contributed by atoms with van der Waals surface area (Å²) in [5, 5.41) is 43.0. The van der Waals surface area contributed by atoms with E-state index < -0.39 is 35.7 Å². The number of Topliss-reactive ketones (excluding diaryl/α,β-unsaturated/α-hetero) is 1. The molecule has 1 spiro atoms. The molecule has 0 amide bonds. The lowest BCUT2D eigenvalue weighted by Gasteiger charge is -2.48. The molecule has 0 radical (unpaired) electrons. The van der Waals surface area contributed by atoms with Gasteiger partial charge in [-0.25, -0.2) is 0 Å². The third-order valence-corrected chi connectivity index (χ3v) is 11.5. The van der Waals surface area contributed by atoms with Gasteiger partial charge in [-0.3, -0.25) is 4.79 Å². The van der Waals surface area contributed by atoms with E-state index in [4.69, 9.17) is 0 Å². The Balaban J connectivity index is 0.000000211. The molecule has 4 N–H and O–H groups in total. The van der Waals surface area contributed by atoms with Crippen molar-refractivity contribution < 1.29 is 25.2 Å². The van der Waals surface area contributed by atoms with Gasteiger partial charge < -0.3 is 20.4 Å². The first-order chi connectivity index (χ1) is 16.2. The second-order valence-electron chi connectivity index (χ2n) is 13.8. The molecule has 6 aliphatic carbocycles. The van der Waals surface area contributed by atoms with Gasteiger partial charge in [0.25, 0.3) is 0 Å². The third kappa shape index (κ3) is 3.11. The Hall–Kier alpha value is -1.27. The average Bonchev–Trinajstić information content (AvgIpc) is 3.53. The van der Waals surface area contributed by atoms with Crippen LogP contribution in [0.3, 0.4) is 0 Å². The molecule has 5 nitrogen and oxygen atoms in total. The van der Waals surface area contributed by atoms with Crippen molar-refractivity contribution in [2.24, 2.45) is 51.8 Å². The molecule has 0 saturated heterocycles. The van der Waals surface area contributed by atoms with Crippen molar-refractivity contribution in [1.82, 2.24) is 0 Å². The minimum atomic E-state index is -2.03. The number of carbonyl (C=O) groups excluding carboxylic acids is 1. The molecule has 0 aromatic carbocycles. The van der Waals surface area contributed by atoms with Crippen LogP contribution in [0.15, 0.2) is 34.9 Å². The van der Waals surface area contributed by atoms with Gasteiger partial charge in [-0.1, -0.05) is 58.4 Å². The molecule has 0 heterocycles. The summed E-state index contributed by atoms with van der Waals surface area (Å²) in [6.07, 6.45) is 6.49. The highest BCUT2D eigenvalue weighted by atomic mass is 16.4. The van der Waals surface area contributed by atoms with Crippen LogP contribution in [-0.4, -0.2) is 50.6 Å². The van der Waals surface area contributed by atoms with Gasteiger partial charge in [0.1, 0.15) is 17.8 Å². The quantitative estimate of drug-likeness (QED) is 0.424. The molecule has 0 aromatic heterocycles. The summed E-state index contributed by atoms with van der Waals surface area (Å²) in [5.41, 5.74) is -0.290. The zero-order valence-corrected chi connectivity index (χ0v) is 22.4. The summed E-state index contributed by atoms with van der Waals surface area (Å²) in [6.45, 7) is 14.6. The van der Waals surface area contributed by atoms with Crippen molar-refractivity contribution in [2.75, 3.05) is 6.61 Å². The standard InChI is InChI=1S/C20H28O5.C10H16/c1-9-7-19-10(2)5-13-14(18(13,3)4)12(17(19)24)6-11(8-21)16(23)20(19,25)15(9)22;1-7-4-5-8-9(6-7)10(8,2)3/h6-7,10,12-16,21-23,25H,5,8H2,1-4H3;4,8-9H,5-6H2,1-3H3/t10-,12+,13-,14+,15+,16-,19+,20-;8-,9+/m11/s1. The Kier molecular flexibility index (Phi) is 5.53. The lowest BCUT2D eigenvalue weighted by Crippen LogP contribution is -2.65. The number of ketones is 1. The van der Waals surface area contributed by atoms with Crippen LogP contribution < -0.4 is 0 Å². The molecule has 6 aliphatic rings. The molecule has 3 fully saturated rings. The highest BCUT2D eigenvalue weighted by molar-refractivity contribution is 5.95. The number of aliphatic hydroxyl groups is 4. The molecule has 0 aromatic rings. The van der Waals surface area contributed by atoms with E-state index in [2.05, 4.69) is 40.7 Å². The fourth-order valence-electron chi connectivity index (χ4n) is 8.92. The third-order valence-electron chi connectivity index (χ3n) is 11.5. The van der Waals surface area contributed by atoms with E-state index in [1.165, 1.54) is 12.8 Å². The van der Waals surface area contributed by atoms with Crippen LogP contribution >= 0.6 is 0 Å². The highest BCUT2D eigenvalue weighted by Gasteiger charge is 2.75. The van der Waals surface area contributed by atoms with Gasteiger partial charge in [-0.2, -0.15) is 0 Å². The summed E-state index contributed by atoms with van der Waals surface area (Å²) in [7, 11) is 0. The monoisotopic (exact) mass is 484 g/mol. The molecular formula is C30H44O5. The SMILES string of the molecule is CC1=CC[C@@H]2[C@H](C1)C2(C)C.CC1=C[C@]23C(=O)[C@@H](C=C(CO)[C@@H](O)[C@]2(O)[C@H]1O)[C@H]1[C@@H](C[C@H]3C)C1(C)C. The molecule has 35 heavy (non-hydrogen) atoms. The molecule has 0 aliphatic heterocycles. The van der Waals surface area contributed by atoms with Crippen LogP contribution in [-0.2, 0) is 4.79 Å². The van der Waals surface area contributed by atoms with Crippen LogP contribution in [0.1, 0.15) is 67.7 Å². The van der Waals surface area contributed by atoms with Gasteiger partial charge >= 0.3 is 0 Å². The number of rotatable bonds is 1. The van der Waals surface area contributed by atoms with Gasteiger partial charge in [0.15, 0.2) is 5.78 Å². The van der Waals surface area contributed by atoms with Crippen molar-refractivity contribution in [3.63, 3.8) is 0 Å². The van der Waals surface area contributed by atoms with Crippen molar-refractivity contribution in [2.45, 2.75) is 85.5 Å². The van der Waals surface area contributed by atoms with Crippen LogP contribution in [0.4, 0.5) is 0 Å². The summed E-state index contributed by atoms with van der Waals surface area (Å²) >= 11 is 0. The zero-order chi connectivity index (χ0) is 25.9. The molecule has 0 unspecified atom stereocenters. The minimum absolute atomic E-state index is 0.0245. The average molecular weight is 485 g/mol. The Labute approximate surface area is 210 Å². The maximum atomic E-state index is 13.7. The van der Waals surface area contributed by atoms with E-state index in [9.17, 15) is 25.2 Å². The van der Waals surface area contributed by atoms with Crippen LogP contribution in [0.2, 0.25) is 0 Å². The van der Waals surface area contributed by atoms with Crippen LogP contribution in [0.5, 0.6) is 0 Å². The lowest BCUT2D eigenvalue weighted by molar-refractivity contribution is -0.190. The largest absolute Gasteiger partial charge is 0.392 e. The first kappa shape index (κ1) is 25.4. The lowest BCUT2D eigenvalue weighted by atomic mass is 9.59. The molecule has 10 atom stereocenters. The fraction of sp³-hybridized carbons (Fsp3) is 0.767. The van der Waals surface area contributed by atoms with Gasteiger partial charge in [0.05, 0.1) is 12.0 Å². The highest BCUT2D eigenvalue weighted by Crippen LogP contribution is 2.71. The van der Waals surface area contributed by atoms with E-state index in [0.29, 0.717) is 16.9 Å². The van der Waals surface area contributed by atoms with E-state index in [-0.39, 0.29) is 28.6 Å². The molecule has 2 bridgehead atoms. The Morgan fingerprint density at radius 3 is 2.23 bits per heavy atom. The summed E-state index contributed by atoms with van der Waals surface area (Å²) in [6, 6.07) is 0. The second-order valence-corrected chi connectivity index (χ2v) is 13.8. The summed E-state index contributed by atoms with van der Waals surface area (Å²) < 4.78 is 0. The fourth-order valence-corrected chi connectivity index (χ4v) is 8.92. The summed E-state index contributed by atoms with van der Waals surface area (Å²) in [5.74, 6) is 1.76. The minimum Gasteiger partial charge on any atom is -0.392 e. The van der Waals surface area contributed by atoms with E-state index >= 15 is 0 Å². The van der Waals surface area contributed by atoms with Gasteiger partial charge in [-0.15, -0.1) is 0 Å². The van der Waals surface area contributed by atoms with Crippen LogP contribution in [0.25, 0.3) is 0 Å². The van der Waals surface area contributed by atoms with E-state index in [1.54, 1.807) is 24.6 Å². The number of hydrogen-bond donors (Lipinski definition) is 4. The van der Waals surface area contributed by atoms with Crippen LogP contribution in [0, 0.1) is 51.8 Å².